The van der Waals surface area contributed by atoms with Crippen molar-refractivity contribution in [3.63, 3.8) is 0 Å². The van der Waals surface area contributed by atoms with Gasteiger partial charge in [-0.2, -0.15) is 0 Å². The molecule has 0 aliphatic carbocycles. The van der Waals surface area contributed by atoms with E-state index in [4.69, 9.17) is 9.47 Å². The molecule has 1 aromatic heterocycles. The predicted molar refractivity (Wildman–Crippen MR) is 120 cm³/mol. The maximum Gasteiger partial charge on any atom is 0.410 e. The van der Waals surface area contributed by atoms with Crippen molar-refractivity contribution in [3.8, 4) is 11.5 Å². The summed E-state index contributed by atoms with van der Waals surface area (Å²) in [6.45, 7) is 9.71. The molecule has 33 heavy (non-hydrogen) atoms. The molecule has 1 atom stereocenters. The highest BCUT2D eigenvalue weighted by Gasteiger charge is 2.46. The van der Waals surface area contributed by atoms with Crippen LogP contribution in [0.15, 0.2) is 30.7 Å². The summed E-state index contributed by atoms with van der Waals surface area (Å²) in [5.41, 5.74) is -0.410. The van der Waals surface area contributed by atoms with Gasteiger partial charge in [-0.25, -0.2) is 19.2 Å². The topological polar surface area (TPSA) is 84.9 Å². The van der Waals surface area contributed by atoms with E-state index in [0.29, 0.717) is 31.2 Å². The van der Waals surface area contributed by atoms with Crippen molar-refractivity contribution < 1.29 is 23.5 Å². The Balaban J connectivity index is 1.50. The number of ketones is 1. The number of carbonyl (C=O) groups is 2. The van der Waals surface area contributed by atoms with Crippen LogP contribution < -0.4 is 9.64 Å². The Bertz CT molecular complexity index is 1070. The van der Waals surface area contributed by atoms with Crippen LogP contribution in [0.2, 0.25) is 0 Å². The summed E-state index contributed by atoms with van der Waals surface area (Å²) in [4.78, 5) is 36.9. The number of halogens is 1. The van der Waals surface area contributed by atoms with Gasteiger partial charge in [0.15, 0.2) is 17.4 Å². The van der Waals surface area contributed by atoms with E-state index in [1.165, 1.54) is 25.4 Å². The van der Waals surface area contributed by atoms with Crippen molar-refractivity contribution in [2.24, 2.45) is 5.41 Å². The summed E-state index contributed by atoms with van der Waals surface area (Å²) in [6, 6.07) is 3.85. The van der Waals surface area contributed by atoms with Crippen LogP contribution >= 0.6 is 0 Å². The summed E-state index contributed by atoms with van der Waals surface area (Å²) in [7, 11) is 0. The molecular weight excluding hydrogens is 427 g/mol. The van der Waals surface area contributed by atoms with Crippen LogP contribution in [0.1, 0.15) is 50.9 Å². The fourth-order valence-electron chi connectivity index (χ4n) is 4.47. The molecule has 8 nitrogen and oxygen atoms in total. The first-order chi connectivity index (χ1) is 15.6. The zero-order valence-corrected chi connectivity index (χ0v) is 19.4. The first kappa shape index (κ1) is 22.9. The van der Waals surface area contributed by atoms with Crippen molar-refractivity contribution in [1.82, 2.24) is 14.9 Å². The zero-order valence-electron chi connectivity index (χ0n) is 19.4. The number of nitrogens with zero attached hydrogens (tertiary/aromatic N) is 4. The Hall–Kier alpha value is -3.23. The highest BCUT2D eigenvalue weighted by molar-refractivity contribution is 5.97. The van der Waals surface area contributed by atoms with Gasteiger partial charge in [0.2, 0.25) is 0 Å². The lowest BCUT2D eigenvalue weighted by atomic mass is 9.86. The molecule has 0 saturated carbocycles. The van der Waals surface area contributed by atoms with Gasteiger partial charge in [-0.15, -0.1) is 0 Å². The summed E-state index contributed by atoms with van der Waals surface area (Å²) in [6.07, 6.45) is 4.51. The van der Waals surface area contributed by atoms with Crippen LogP contribution in [-0.4, -0.2) is 58.5 Å². The van der Waals surface area contributed by atoms with E-state index in [0.717, 1.165) is 25.5 Å². The highest BCUT2D eigenvalue weighted by Crippen LogP contribution is 2.43. The Morgan fingerprint density at radius 2 is 1.88 bits per heavy atom. The number of rotatable bonds is 4. The molecule has 2 aromatic rings. The summed E-state index contributed by atoms with van der Waals surface area (Å²) in [5.74, 6) is 0.457. The molecule has 0 N–H and O–H groups in total. The molecule has 9 heteroatoms. The van der Waals surface area contributed by atoms with Gasteiger partial charge in [0.05, 0.1) is 11.8 Å². The van der Waals surface area contributed by atoms with Crippen LogP contribution in [0.3, 0.4) is 0 Å². The third-order valence-electron chi connectivity index (χ3n) is 6.03. The average Bonchev–Trinajstić information content (AvgIpc) is 3.35. The molecule has 2 saturated heterocycles. The number of amides is 1. The van der Waals surface area contributed by atoms with E-state index in [-0.39, 0.29) is 28.6 Å². The molecule has 2 aliphatic heterocycles. The van der Waals surface area contributed by atoms with E-state index in [1.54, 1.807) is 11.1 Å². The number of likely N-dealkylation sites (tertiary alicyclic amines) is 1. The van der Waals surface area contributed by atoms with Crippen LogP contribution in [0.4, 0.5) is 15.0 Å². The number of hydrogen-bond donors (Lipinski definition) is 0. The second-order valence-corrected chi connectivity index (χ2v) is 9.83. The summed E-state index contributed by atoms with van der Waals surface area (Å²) in [5, 5.41) is 0. The Kier molecular flexibility index (Phi) is 5.99. The fraction of sp³-hybridized carbons (Fsp3) is 0.500. The van der Waals surface area contributed by atoms with Gasteiger partial charge in [0.1, 0.15) is 23.5 Å². The lowest BCUT2D eigenvalue weighted by Gasteiger charge is -2.27. The first-order valence-corrected chi connectivity index (χ1v) is 11.1. The normalized spacial score (nSPS) is 20.4. The van der Waals surface area contributed by atoms with Crippen LogP contribution in [0.25, 0.3) is 0 Å². The number of carbonyl (C=O) groups excluding carboxylic acids is 2. The summed E-state index contributed by atoms with van der Waals surface area (Å²) < 4.78 is 25.2. The molecule has 0 bridgehead atoms. The third kappa shape index (κ3) is 5.07. The Labute approximate surface area is 192 Å². The standard InChI is InChI=1S/C24H29FN4O4/c1-16(30)18-11-17(25)5-6-19(18)32-20-12-26-15-27-21(20)28-9-7-24(13-28)8-10-29(14-24)22(31)33-23(2,3)4/h5-6,11-12,15H,7-10,13-14H2,1-4H3. The smallest absolute Gasteiger partial charge is 0.410 e. The van der Waals surface area contributed by atoms with E-state index in [9.17, 15) is 14.0 Å². The number of anilines is 1. The molecular formula is C24H29FN4O4. The highest BCUT2D eigenvalue weighted by atomic mass is 19.1. The van der Waals surface area contributed by atoms with Gasteiger partial charge in [-0.1, -0.05) is 0 Å². The molecule has 3 heterocycles. The number of hydrogen-bond acceptors (Lipinski definition) is 7. The SMILES string of the molecule is CC(=O)c1cc(F)ccc1Oc1cncnc1N1CCC2(CCN(C(=O)OC(C)(C)C)C2)C1. The van der Waals surface area contributed by atoms with E-state index in [2.05, 4.69) is 14.9 Å². The van der Waals surface area contributed by atoms with Gasteiger partial charge in [-0.05, 0) is 58.7 Å². The van der Waals surface area contributed by atoms with Crippen LogP contribution in [0, 0.1) is 11.2 Å². The minimum atomic E-state index is -0.527. The van der Waals surface area contributed by atoms with Crippen molar-refractivity contribution in [3.05, 3.63) is 42.1 Å². The van der Waals surface area contributed by atoms with E-state index in [1.807, 2.05) is 20.8 Å². The molecule has 2 fully saturated rings. The van der Waals surface area contributed by atoms with Gasteiger partial charge in [0.25, 0.3) is 0 Å². The number of ether oxygens (including phenoxy) is 2. The fourth-order valence-corrected chi connectivity index (χ4v) is 4.47. The van der Waals surface area contributed by atoms with E-state index < -0.39 is 11.4 Å². The molecule has 0 radical (unpaired) electrons. The molecule has 4 rings (SSSR count). The minimum Gasteiger partial charge on any atom is -0.451 e. The molecule has 1 amide bonds. The second kappa shape index (κ2) is 8.61. The number of aromatic nitrogens is 2. The van der Waals surface area contributed by atoms with Gasteiger partial charge < -0.3 is 19.3 Å². The van der Waals surface area contributed by atoms with Crippen molar-refractivity contribution in [2.75, 3.05) is 31.1 Å². The Morgan fingerprint density at radius 3 is 2.61 bits per heavy atom. The van der Waals surface area contributed by atoms with Gasteiger partial charge in [-0.3, -0.25) is 4.79 Å². The predicted octanol–water partition coefficient (Wildman–Crippen LogP) is 4.45. The quantitative estimate of drug-likeness (QED) is 0.629. The zero-order chi connectivity index (χ0) is 23.8. The third-order valence-corrected chi connectivity index (χ3v) is 6.03. The largest absolute Gasteiger partial charge is 0.451 e. The number of Topliss-reactive ketones (excluding diaryl/α,β-unsaturated/α-hetero) is 1. The van der Waals surface area contributed by atoms with Crippen LogP contribution in [0.5, 0.6) is 11.5 Å². The monoisotopic (exact) mass is 456 g/mol. The van der Waals surface area contributed by atoms with Gasteiger partial charge in [0, 0.05) is 31.6 Å². The van der Waals surface area contributed by atoms with Crippen molar-refractivity contribution >= 4 is 17.7 Å². The van der Waals surface area contributed by atoms with Crippen molar-refractivity contribution in [2.45, 2.75) is 46.1 Å². The Morgan fingerprint density at radius 1 is 1.12 bits per heavy atom. The van der Waals surface area contributed by atoms with E-state index >= 15 is 0 Å². The first-order valence-electron chi connectivity index (χ1n) is 11.1. The maximum atomic E-state index is 13.6. The molecule has 1 aromatic carbocycles. The molecule has 1 spiro atoms. The van der Waals surface area contributed by atoms with Crippen molar-refractivity contribution in [1.29, 1.82) is 0 Å². The lowest BCUT2D eigenvalue weighted by Crippen LogP contribution is -2.37. The molecule has 176 valence electrons. The average molecular weight is 457 g/mol. The lowest BCUT2D eigenvalue weighted by molar-refractivity contribution is 0.0276. The number of benzene rings is 1. The molecule has 2 aliphatic rings. The second-order valence-electron chi connectivity index (χ2n) is 9.83. The van der Waals surface area contributed by atoms with Gasteiger partial charge >= 0.3 is 6.09 Å². The molecule has 1 unspecified atom stereocenters. The maximum absolute atomic E-state index is 13.6. The van der Waals surface area contributed by atoms with Crippen LogP contribution in [-0.2, 0) is 4.74 Å². The minimum absolute atomic E-state index is 0.0421. The summed E-state index contributed by atoms with van der Waals surface area (Å²) >= 11 is 0.